The second kappa shape index (κ2) is 10.3. The van der Waals surface area contributed by atoms with Gasteiger partial charge >= 0.3 is 11.7 Å². The topological polar surface area (TPSA) is 109 Å². The molecule has 2 aromatic rings. The smallest absolute Gasteiger partial charge is 0.347 e. The van der Waals surface area contributed by atoms with Gasteiger partial charge in [-0.25, -0.2) is 9.78 Å². The van der Waals surface area contributed by atoms with Gasteiger partial charge in [0, 0.05) is 38.3 Å². The first-order valence-corrected chi connectivity index (χ1v) is 10.6. The van der Waals surface area contributed by atoms with E-state index in [2.05, 4.69) is 10.3 Å². The van der Waals surface area contributed by atoms with Crippen molar-refractivity contribution >= 4 is 11.9 Å². The summed E-state index contributed by atoms with van der Waals surface area (Å²) in [7, 11) is 3.13. The number of hydrogen-bond acceptors (Lipinski definition) is 7. The van der Waals surface area contributed by atoms with Crippen molar-refractivity contribution in [1.82, 2.24) is 14.9 Å². The zero-order chi connectivity index (χ0) is 23.3. The van der Waals surface area contributed by atoms with E-state index < -0.39 is 5.69 Å². The van der Waals surface area contributed by atoms with E-state index in [-0.39, 0.29) is 29.9 Å². The van der Waals surface area contributed by atoms with Crippen LogP contribution in [0.5, 0.6) is 11.5 Å². The summed E-state index contributed by atoms with van der Waals surface area (Å²) >= 11 is 0. The highest BCUT2D eigenvalue weighted by Gasteiger charge is 2.34. The first-order valence-electron chi connectivity index (χ1n) is 10.6. The standard InChI is InChI=1S/C23H29N3O6/c1-5-31-21-10-15(6-9-20(21)30-4)18-11-17(32-14(2)27)7-8-19(18)25-22(28)16-12-24-23(29)26(3)13-16/h6,9-10,12-13,17-19H,5,7-8,11H2,1-4H3,(H,25,28)/t17-,18-,19-/m1/s1. The fourth-order valence-electron chi connectivity index (χ4n) is 4.09. The number of carbonyl (C=O) groups excluding carboxylic acids is 2. The Bertz CT molecular complexity index is 1030. The molecule has 1 fully saturated rings. The number of carbonyl (C=O) groups is 2. The molecule has 32 heavy (non-hydrogen) atoms. The maximum absolute atomic E-state index is 12.9. The number of rotatable bonds is 7. The molecule has 1 aromatic heterocycles. The Labute approximate surface area is 186 Å². The Morgan fingerprint density at radius 3 is 2.69 bits per heavy atom. The summed E-state index contributed by atoms with van der Waals surface area (Å²) < 4.78 is 17.9. The second-order valence-electron chi connectivity index (χ2n) is 7.81. The number of methoxy groups -OCH3 is 1. The molecule has 1 aromatic carbocycles. The number of amides is 1. The Kier molecular flexibility index (Phi) is 7.50. The molecule has 0 radical (unpaired) electrons. The number of hydrogen-bond donors (Lipinski definition) is 1. The molecule has 1 heterocycles. The molecular formula is C23H29N3O6. The number of benzene rings is 1. The molecule has 9 heteroatoms. The Hall–Kier alpha value is -3.36. The van der Waals surface area contributed by atoms with Crippen LogP contribution in [-0.4, -0.2) is 47.3 Å². The average Bonchev–Trinajstić information content (AvgIpc) is 2.76. The van der Waals surface area contributed by atoms with Crippen LogP contribution < -0.4 is 20.5 Å². The molecule has 0 bridgehead atoms. The van der Waals surface area contributed by atoms with Crippen molar-refractivity contribution in [3.8, 4) is 11.5 Å². The van der Waals surface area contributed by atoms with Crippen LogP contribution in [0.3, 0.4) is 0 Å². The lowest BCUT2D eigenvalue weighted by Crippen LogP contribution is -2.44. The van der Waals surface area contributed by atoms with Gasteiger partial charge in [-0.1, -0.05) is 6.07 Å². The number of nitrogens with one attached hydrogen (secondary N) is 1. The Morgan fingerprint density at radius 2 is 2.03 bits per heavy atom. The molecule has 1 saturated carbocycles. The highest BCUT2D eigenvalue weighted by atomic mass is 16.5. The lowest BCUT2D eigenvalue weighted by molar-refractivity contribution is -0.148. The third-order valence-corrected chi connectivity index (χ3v) is 5.58. The van der Waals surface area contributed by atoms with Crippen molar-refractivity contribution in [3.05, 3.63) is 52.2 Å². The van der Waals surface area contributed by atoms with Crippen LogP contribution in [-0.2, 0) is 16.6 Å². The monoisotopic (exact) mass is 443 g/mol. The van der Waals surface area contributed by atoms with Gasteiger partial charge in [0.15, 0.2) is 11.5 Å². The van der Waals surface area contributed by atoms with Crippen molar-refractivity contribution < 1.29 is 23.8 Å². The molecule has 3 atom stereocenters. The maximum atomic E-state index is 12.9. The molecule has 172 valence electrons. The fourth-order valence-corrected chi connectivity index (χ4v) is 4.09. The number of esters is 1. The van der Waals surface area contributed by atoms with Crippen LogP contribution in [0.15, 0.2) is 35.4 Å². The number of ether oxygens (including phenoxy) is 3. The Balaban J connectivity index is 1.88. The van der Waals surface area contributed by atoms with Crippen molar-refractivity contribution in [2.75, 3.05) is 13.7 Å². The van der Waals surface area contributed by atoms with E-state index in [1.807, 2.05) is 25.1 Å². The van der Waals surface area contributed by atoms with Gasteiger partial charge in [-0.3, -0.25) is 9.59 Å². The van der Waals surface area contributed by atoms with Crippen molar-refractivity contribution in [3.63, 3.8) is 0 Å². The second-order valence-corrected chi connectivity index (χ2v) is 7.81. The summed E-state index contributed by atoms with van der Waals surface area (Å²) in [4.78, 5) is 39.7. The molecule has 0 spiro atoms. The summed E-state index contributed by atoms with van der Waals surface area (Å²) in [5, 5.41) is 3.08. The zero-order valence-electron chi connectivity index (χ0n) is 18.8. The lowest BCUT2D eigenvalue weighted by Gasteiger charge is -2.36. The van der Waals surface area contributed by atoms with Gasteiger partial charge in [-0.2, -0.15) is 0 Å². The van der Waals surface area contributed by atoms with E-state index in [0.29, 0.717) is 42.9 Å². The minimum atomic E-state index is -0.428. The van der Waals surface area contributed by atoms with Crippen molar-refractivity contribution in [2.45, 2.75) is 51.2 Å². The predicted molar refractivity (Wildman–Crippen MR) is 117 cm³/mol. The van der Waals surface area contributed by atoms with Crippen LogP contribution in [0.25, 0.3) is 0 Å². The third kappa shape index (κ3) is 5.46. The SMILES string of the molecule is CCOc1cc([C@H]2C[C@H](OC(C)=O)CC[C@H]2NC(=O)c2cnc(=O)n(C)c2)ccc1OC. The first kappa shape index (κ1) is 23.3. The van der Waals surface area contributed by atoms with Crippen LogP contribution in [0.4, 0.5) is 0 Å². The number of nitrogens with zero attached hydrogens (tertiary/aromatic N) is 2. The average molecular weight is 444 g/mol. The van der Waals surface area contributed by atoms with Crippen molar-refractivity contribution in [1.29, 1.82) is 0 Å². The van der Waals surface area contributed by atoms with Gasteiger partial charge in [0.25, 0.3) is 5.91 Å². The summed E-state index contributed by atoms with van der Waals surface area (Å²) in [6, 6.07) is 5.49. The van der Waals surface area contributed by atoms with E-state index in [1.165, 1.54) is 23.9 Å². The first-order chi connectivity index (χ1) is 15.3. The summed E-state index contributed by atoms with van der Waals surface area (Å²) in [5.74, 6) is 0.502. The minimum absolute atomic E-state index is 0.109. The van der Waals surface area contributed by atoms with Gasteiger partial charge in [-0.15, -0.1) is 0 Å². The summed E-state index contributed by atoms with van der Waals surface area (Å²) in [6.07, 6.45) is 4.34. The lowest BCUT2D eigenvalue weighted by atomic mass is 9.78. The molecule has 1 aliphatic rings. The molecule has 0 unspecified atom stereocenters. The largest absolute Gasteiger partial charge is 0.493 e. The third-order valence-electron chi connectivity index (χ3n) is 5.58. The van der Waals surface area contributed by atoms with Crippen LogP contribution in [0, 0.1) is 0 Å². The summed E-state index contributed by atoms with van der Waals surface area (Å²) in [5.41, 5.74) is 0.829. The van der Waals surface area contributed by atoms with Gasteiger partial charge in [0.05, 0.1) is 19.3 Å². The zero-order valence-corrected chi connectivity index (χ0v) is 18.8. The predicted octanol–water partition coefficient (Wildman–Crippen LogP) is 2.19. The molecular weight excluding hydrogens is 414 g/mol. The van der Waals surface area contributed by atoms with Crippen LogP contribution in [0.1, 0.15) is 54.9 Å². The van der Waals surface area contributed by atoms with E-state index in [1.54, 1.807) is 14.2 Å². The highest BCUT2D eigenvalue weighted by molar-refractivity contribution is 5.93. The normalized spacial score (nSPS) is 20.3. The fraction of sp³-hybridized carbons (Fsp3) is 0.478. The van der Waals surface area contributed by atoms with Gasteiger partial charge in [-0.05, 0) is 43.9 Å². The minimum Gasteiger partial charge on any atom is -0.493 e. The van der Waals surface area contributed by atoms with Crippen molar-refractivity contribution in [2.24, 2.45) is 7.05 Å². The molecule has 1 aliphatic carbocycles. The number of aryl methyl sites for hydroxylation is 1. The molecule has 3 rings (SSSR count). The Morgan fingerprint density at radius 1 is 1.25 bits per heavy atom. The quantitative estimate of drug-likeness (QED) is 0.654. The maximum Gasteiger partial charge on any atom is 0.347 e. The molecule has 0 saturated heterocycles. The molecule has 1 N–H and O–H groups in total. The summed E-state index contributed by atoms with van der Waals surface area (Å²) in [6.45, 7) is 3.78. The van der Waals surface area contributed by atoms with E-state index in [4.69, 9.17) is 14.2 Å². The molecule has 1 amide bonds. The van der Waals surface area contributed by atoms with Crippen LogP contribution >= 0.6 is 0 Å². The molecule has 0 aliphatic heterocycles. The number of aromatic nitrogens is 2. The van der Waals surface area contributed by atoms with Gasteiger partial charge < -0.3 is 24.1 Å². The van der Waals surface area contributed by atoms with E-state index in [0.717, 1.165) is 5.56 Å². The van der Waals surface area contributed by atoms with Gasteiger partial charge in [0.2, 0.25) is 0 Å². The van der Waals surface area contributed by atoms with Crippen LogP contribution in [0.2, 0.25) is 0 Å². The van der Waals surface area contributed by atoms with Gasteiger partial charge in [0.1, 0.15) is 6.10 Å². The molecule has 9 nitrogen and oxygen atoms in total. The van der Waals surface area contributed by atoms with E-state index in [9.17, 15) is 14.4 Å². The van der Waals surface area contributed by atoms with E-state index >= 15 is 0 Å². The highest BCUT2D eigenvalue weighted by Crippen LogP contribution is 2.38.